The van der Waals surface area contributed by atoms with Crippen molar-refractivity contribution < 1.29 is 8.42 Å². The fraction of sp³-hybridized carbons (Fsp3) is 0.800. The minimum Gasteiger partial charge on any atom is -0.229 e. The maximum absolute atomic E-state index is 10.9. The van der Waals surface area contributed by atoms with Crippen molar-refractivity contribution in [2.45, 2.75) is 24.5 Å². The molecule has 9 heteroatoms. The summed E-state index contributed by atoms with van der Waals surface area (Å²) in [5, 5.41) is 15.8. The third-order valence-corrected chi connectivity index (χ3v) is 2.86. The monoisotopic (exact) mass is 237 g/mol. The first kappa shape index (κ1) is 11.4. The number of sulfonamides is 1. The molecule has 2 N–H and O–H groups in total. The van der Waals surface area contributed by atoms with E-state index in [9.17, 15) is 8.42 Å². The van der Waals surface area contributed by atoms with Gasteiger partial charge in [-0.1, -0.05) is 6.92 Å². The minimum atomic E-state index is -3.53. The van der Waals surface area contributed by atoms with Crippen molar-refractivity contribution in [3.05, 3.63) is 0 Å². The Morgan fingerprint density at radius 2 is 2.29 bits per heavy atom. The van der Waals surface area contributed by atoms with Gasteiger partial charge in [-0.25, -0.2) is 18.2 Å². The van der Waals surface area contributed by atoms with Gasteiger partial charge >= 0.3 is 0 Å². The molecule has 0 aliphatic rings. The molecule has 1 atom stereocenters. The van der Waals surface area contributed by atoms with E-state index in [1.54, 1.807) is 0 Å². The molecule has 0 spiro atoms. The molecule has 1 rings (SSSR count). The van der Waals surface area contributed by atoms with Crippen molar-refractivity contribution in [2.75, 3.05) is 5.75 Å². The second-order valence-corrected chi connectivity index (χ2v) is 4.87. The van der Waals surface area contributed by atoms with Crippen molar-refractivity contribution >= 4 is 22.7 Å². The van der Waals surface area contributed by atoms with Crippen LogP contribution in [-0.2, 0) is 10.0 Å². The van der Waals surface area contributed by atoms with Crippen molar-refractivity contribution in [3.63, 3.8) is 0 Å². The maximum atomic E-state index is 10.9. The number of nitrogens with zero attached hydrogens (tertiary/aromatic N) is 4. The van der Waals surface area contributed by atoms with Gasteiger partial charge in [0.1, 0.15) is 0 Å². The van der Waals surface area contributed by atoms with Crippen molar-refractivity contribution in [2.24, 2.45) is 5.14 Å². The highest BCUT2D eigenvalue weighted by atomic mass is 32.2. The fourth-order valence-electron chi connectivity index (χ4n) is 1.05. The Kier molecular flexibility index (Phi) is 3.45. The zero-order valence-electron chi connectivity index (χ0n) is 7.53. The number of hydrogen-bond acceptors (Lipinski definition) is 6. The van der Waals surface area contributed by atoms with Gasteiger partial charge in [0.05, 0.1) is 11.8 Å². The Labute approximate surface area is 87.1 Å². The quantitative estimate of drug-likeness (QED) is 0.667. The number of hydrogen-bond donors (Lipinski definition) is 2. The number of nitrogens with two attached hydrogens (primary N) is 1. The zero-order chi connectivity index (χ0) is 10.8. The topological polar surface area (TPSA) is 104 Å². The van der Waals surface area contributed by atoms with Gasteiger partial charge in [-0.2, -0.15) is 0 Å². The average molecular weight is 237 g/mol. The number of rotatable bonds is 4. The molecule has 0 amide bonds. The van der Waals surface area contributed by atoms with E-state index >= 15 is 0 Å². The third kappa shape index (κ3) is 2.93. The predicted octanol–water partition coefficient (Wildman–Crippen LogP) is -0.799. The van der Waals surface area contributed by atoms with Crippen LogP contribution >= 0.6 is 12.6 Å². The standard InChI is InChI=1S/C5H11N5O2S2/c1-2-4(3-14(6,11)12)10-5(13)7-8-9-10/h4H,2-3H2,1H3,(H2,6,11,12)(H,7,9,13). The normalized spacial score (nSPS) is 14.2. The molecular weight excluding hydrogens is 226 g/mol. The first-order valence-corrected chi connectivity index (χ1v) is 6.07. The molecule has 1 heterocycles. The molecule has 0 fully saturated rings. The number of aromatic nitrogens is 4. The fourth-order valence-corrected chi connectivity index (χ4v) is 2.21. The summed E-state index contributed by atoms with van der Waals surface area (Å²) in [6, 6.07) is -0.368. The molecule has 1 unspecified atom stereocenters. The second kappa shape index (κ2) is 4.24. The van der Waals surface area contributed by atoms with Crippen LogP contribution < -0.4 is 5.14 Å². The SMILES string of the molecule is CCC(CS(N)(=O)=O)n1nnnc1S. The summed E-state index contributed by atoms with van der Waals surface area (Å²) in [6.07, 6.45) is 0.565. The van der Waals surface area contributed by atoms with E-state index in [-0.39, 0.29) is 17.0 Å². The van der Waals surface area contributed by atoms with Gasteiger partial charge < -0.3 is 0 Å². The van der Waals surface area contributed by atoms with Crippen LogP contribution in [0.3, 0.4) is 0 Å². The Bertz CT molecular complexity index is 400. The van der Waals surface area contributed by atoms with Crippen LogP contribution in [0.15, 0.2) is 5.16 Å². The lowest BCUT2D eigenvalue weighted by molar-refractivity contribution is 0.431. The molecule has 7 nitrogen and oxygen atoms in total. The van der Waals surface area contributed by atoms with Crippen LogP contribution in [0.5, 0.6) is 0 Å². The second-order valence-electron chi connectivity index (χ2n) is 2.82. The zero-order valence-corrected chi connectivity index (χ0v) is 9.24. The van der Waals surface area contributed by atoms with Crippen molar-refractivity contribution in [3.8, 4) is 0 Å². The Hall–Kier alpha value is -0.670. The van der Waals surface area contributed by atoms with Crippen LogP contribution in [0.1, 0.15) is 19.4 Å². The summed E-state index contributed by atoms with van der Waals surface area (Å²) >= 11 is 3.98. The molecule has 1 aromatic heterocycles. The molecule has 0 saturated carbocycles. The first-order chi connectivity index (χ1) is 6.44. The van der Waals surface area contributed by atoms with Crippen LogP contribution in [0.4, 0.5) is 0 Å². The van der Waals surface area contributed by atoms with Gasteiger partial charge in [0, 0.05) is 0 Å². The molecule has 0 aliphatic heterocycles. The average Bonchev–Trinajstić information content (AvgIpc) is 2.45. The smallest absolute Gasteiger partial charge is 0.211 e. The Balaban J connectivity index is 2.89. The highest BCUT2D eigenvalue weighted by Gasteiger charge is 2.19. The van der Waals surface area contributed by atoms with E-state index in [1.165, 1.54) is 4.68 Å². The Morgan fingerprint density at radius 3 is 2.64 bits per heavy atom. The first-order valence-electron chi connectivity index (χ1n) is 3.91. The van der Waals surface area contributed by atoms with Gasteiger partial charge in [-0.05, 0) is 16.8 Å². The lowest BCUT2D eigenvalue weighted by Crippen LogP contribution is -2.26. The lowest BCUT2D eigenvalue weighted by Gasteiger charge is -2.13. The third-order valence-electron chi connectivity index (χ3n) is 1.72. The highest BCUT2D eigenvalue weighted by Crippen LogP contribution is 2.14. The summed E-state index contributed by atoms with van der Waals surface area (Å²) in [7, 11) is -3.53. The van der Waals surface area contributed by atoms with Gasteiger partial charge in [0.15, 0.2) is 0 Å². The van der Waals surface area contributed by atoms with E-state index < -0.39 is 10.0 Å². The number of primary sulfonamides is 1. The minimum absolute atomic E-state index is 0.192. The van der Waals surface area contributed by atoms with Crippen molar-refractivity contribution in [1.29, 1.82) is 0 Å². The number of tetrazole rings is 1. The highest BCUT2D eigenvalue weighted by molar-refractivity contribution is 7.89. The molecule has 0 saturated heterocycles. The molecule has 0 aliphatic carbocycles. The molecular formula is C5H11N5O2S2. The summed E-state index contributed by atoms with van der Waals surface area (Å²) in [5.41, 5.74) is 0. The molecule has 0 aromatic carbocycles. The molecule has 1 aromatic rings. The van der Waals surface area contributed by atoms with Gasteiger partial charge in [0.25, 0.3) is 0 Å². The maximum Gasteiger partial charge on any atom is 0.211 e. The van der Waals surface area contributed by atoms with Crippen LogP contribution in [0, 0.1) is 0 Å². The van der Waals surface area contributed by atoms with E-state index in [2.05, 4.69) is 28.2 Å². The molecule has 0 bridgehead atoms. The van der Waals surface area contributed by atoms with E-state index in [0.29, 0.717) is 6.42 Å². The largest absolute Gasteiger partial charge is 0.229 e. The van der Waals surface area contributed by atoms with Gasteiger partial charge in [0.2, 0.25) is 15.2 Å². The lowest BCUT2D eigenvalue weighted by atomic mass is 10.3. The Morgan fingerprint density at radius 1 is 1.64 bits per heavy atom. The summed E-state index contributed by atoms with van der Waals surface area (Å²) in [6.45, 7) is 1.82. The molecule has 14 heavy (non-hydrogen) atoms. The van der Waals surface area contributed by atoms with Crippen LogP contribution in [0.25, 0.3) is 0 Å². The van der Waals surface area contributed by atoms with Crippen molar-refractivity contribution in [1.82, 2.24) is 20.2 Å². The van der Waals surface area contributed by atoms with Gasteiger partial charge in [-0.3, -0.25) is 0 Å². The van der Waals surface area contributed by atoms with Crippen LogP contribution in [0.2, 0.25) is 0 Å². The summed E-state index contributed by atoms with van der Waals surface area (Å²) in [5.74, 6) is -0.192. The van der Waals surface area contributed by atoms with Gasteiger partial charge in [-0.15, -0.1) is 17.7 Å². The van der Waals surface area contributed by atoms with Crippen LogP contribution in [-0.4, -0.2) is 34.4 Å². The molecule has 0 radical (unpaired) electrons. The number of thiol groups is 1. The molecule has 80 valence electrons. The van der Waals surface area contributed by atoms with E-state index in [4.69, 9.17) is 5.14 Å². The van der Waals surface area contributed by atoms with E-state index in [0.717, 1.165) is 0 Å². The summed E-state index contributed by atoms with van der Waals surface area (Å²) < 4.78 is 23.1. The predicted molar refractivity (Wildman–Crippen MR) is 52.4 cm³/mol. The van der Waals surface area contributed by atoms with E-state index in [1.807, 2.05) is 6.92 Å². The summed E-state index contributed by atoms with van der Waals surface area (Å²) in [4.78, 5) is 0.